The van der Waals surface area contributed by atoms with E-state index in [9.17, 15) is 10.1 Å². The molecule has 1 aliphatic carbocycles. The summed E-state index contributed by atoms with van der Waals surface area (Å²) in [6.07, 6.45) is 6.11. The Labute approximate surface area is 109 Å². The number of hydrogen-bond donors (Lipinski definition) is 0. The molecule has 0 aromatic rings. The third kappa shape index (κ3) is 3.33. The largest absolute Gasteiger partial charge is 0.383 e. The standard InChI is InChI=1S/C14H22N2O2/c1-3-9-16(10-11-18-2)13(17)14(12-15)7-5-4-6-8-14/h3H,1,4-11H2,2H3. The zero-order chi connectivity index (χ0) is 13.4. The molecule has 0 aliphatic heterocycles. The van der Waals surface area contributed by atoms with Gasteiger partial charge in [0.05, 0.1) is 12.7 Å². The lowest BCUT2D eigenvalue weighted by molar-refractivity contribution is -0.140. The lowest BCUT2D eigenvalue weighted by Gasteiger charge is -2.34. The molecule has 0 heterocycles. The third-order valence-electron chi connectivity index (χ3n) is 3.53. The van der Waals surface area contributed by atoms with Gasteiger partial charge in [-0.1, -0.05) is 25.3 Å². The fraction of sp³-hybridized carbons (Fsp3) is 0.714. The Morgan fingerprint density at radius 2 is 2.17 bits per heavy atom. The van der Waals surface area contributed by atoms with E-state index in [2.05, 4.69) is 12.6 Å². The number of rotatable bonds is 6. The van der Waals surface area contributed by atoms with Crippen molar-refractivity contribution < 1.29 is 9.53 Å². The molecule has 1 saturated carbocycles. The monoisotopic (exact) mass is 250 g/mol. The maximum atomic E-state index is 12.5. The van der Waals surface area contributed by atoms with Crippen molar-refractivity contribution in [1.82, 2.24) is 4.90 Å². The van der Waals surface area contributed by atoms with Gasteiger partial charge in [0.15, 0.2) is 0 Å². The van der Waals surface area contributed by atoms with Gasteiger partial charge in [-0.05, 0) is 12.8 Å². The first-order valence-electron chi connectivity index (χ1n) is 6.50. The Hall–Kier alpha value is -1.34. The molecular formula is C14H22N2O2. The highest BCUT2D eigenvalue weighted by molar-refractivity contribution is 5.85. The molecule has 4 heteroatoms. The number of nitriles is 1. The van der Waals surface area contributed by atoms with Crippen molar-refractivity contribution >= 4 is 5.91 Å². The molecular weight excluding hydrogens is 228 g/mol. The number of hydrogen-bond acceptors (Lipinski definition) is 3. The van der Waals surface area contributed by atoms with Crippen LogP contribution in [0.25, 0.3) is 0 Å². The molecule has 0 aromatic carbocycles. The number of amides is 1. The van der Waals surface area contributed by atoms with E-state index in [1.165, 1.54) is 0 Å². The smallest absolute Gasteiger partial charge is 0.243 e. The molecule has 1 fully saturated rings. The zero-order valence-electron chi connectivity index (χ0n) is 11.2. The summed E-state index contributed by atoms with van der Waals surface area (Å²) in [7, 11) is 1.61. The van der Waals surface area contributed by atoms with Crippen LogP contribution in [0.4, 0.5) is 0 Å². The van der Waals surface area contributed by atoms with Crippen LogP contribution in [0, 0.1) is 16.7 Å². The van der Waals surface area contributed by atoms with Crippen LogP contribution < -0.4 is 0 Å². The molecule has 1 rings (SSSR count). The highest BCUT2D eigenvalue weighted by Crippen LogP contribution is 2.37. The molecule has 18 heavy (non-hydrogen) atoms. The molecule has 0 spiro atoms. The van der Waals surface area contributed by atoms with Crippen molar-refractivity contribution in [3.63, 3.8) is 0 Å². The van der Waals surface area contributed by atoms with Crippen molar-refractivity contribution in [2.75, 3.05) is 26.8 Å². The predicted octanol–water partition coefficient (Wildman–Crippen LogP) is 2.12. The van der Waals surface area contributed by atoms with Crippen LogP contribution in [0.2, 0.25) is 0 Å². The molecule has 0 unspecified atom stereocenters. The average molecular weight is 250 g/mol. The molecule has 1 amide bonds. The molecule has 0 bridgehead atoms. The van der Waals surface area contributed by atoms with Gasteiger partial charge in [0.25, 0.3) is 0 Å². The van der Waals surface area contributed by atoms with Crippen molar-refractivity contribution in [3.8, 4) is 6.07 Å². The SMILES string of the molecule is C=CCN(CCOC)C(=O)C1(C#N)CCCCC1. The molecule has 0 aromatic heterocycles. The Kier molecular flexibility index (Phi) is 5.87. The highest BCUT2D eigenvalue weighted by atomic mass is 16.5. The van der Waals surface area contributed by atoms with E-state index in [1.807, 2.05) is 0 Å². The first kappa shape index (κ1) is 14.7. The Bertz CT molecular complexity index is 327. The van der Waals surface area contributed by atoms with E-state index in [4.69, 9.17) is 4.74 Å². The second-order valence-corrected chi connectivity index (χ2v) is 4.79. The summed E-state index contributed by atoms with van der Waals surface area (Å²) in [5.74, 6) is -0.0540. The Morgan fingerprint density at radius 3 is 2.67 bits per heavy atom. The minimum absolute atomic E-state index is 0.0540. The van der Waals surface area contributed by atoms with E-state index in [0.29, 0.717) is 32.5 Å². The molecule has 4 nitrogen and oxygen atoms in total. The number of nitrogens with zero attached hydrogens (tertiary/aromatic N) is 2. The van der Waals surface area contributed by atoms with Crippen LogP contribution >= 0.6 is 0 Å². The Balaban J connectivity index is 2.78. The lowest BCUT2D eigenvalue weighted by Crippen LogP contribution is -2.45. The minimum Gasteiger partial charge on any atom is -0.383 e. The zero-order valence-corrected chi connectivity index (χ0v) is 11.2. The predicted molar refractivity (Wildman–Crippen MR) is 69.8 cm³/mol. The fourth-order valence-corrected chi connectivity index (χ4v) is 2.46. The highest BCUT2D eigenvalue weighted by Gasteiger charge is 2.42. The van der Waals surface area contributed by atoms with Crippen molar-refractivity contribution in [3.05, 3.63) is 12.7 Å². The fourth-order valence-electron chi connectivity index (χ4n) is 2.46. The minimum atomic E-state index is -0.811. The number of ether oxygens (including phenoxy) is 1. The van der Waals surface area contributed by atoms with Gasteiger partial charge in [-0.25, -0.2) is 0 Å². The molecule has 0 N–H and O–H groups in total. The van der Waals surface area contributed by atoms with Crippen LogP contribution in [0.15, 0.2) is 12.7 Å². The van der Waals surface area contributed by atoms with E-state index < -0.39 is 5.41 Å². The molecule has 0 atom stereocenters. The molecule has 1 aliphatic rings. The second kappa shape index (κ2) is 7.17. The topological polar surface area (TPSA) is 53.3 Å². The summed E-state index contributed by atoms with van der Waals surface area (Å²) < 4.78 is 5.01. The van der Waals surface area contributed by atoms with Crippen LogP contribution in [0.1, 0.15) is 32.1 Å². The maximum Gasteiger partial charge on any atom is 0.243 e. The van der Waals surface area contributed by atoms with Crippen LogP contribution in [0.3, 0.4) is 0 Å². The van der Waals surface area contributed by atoms with Crippen molar-refractivity contribution in [2.45, 2.75) is 32.1 Å². The summed E-state index contributed by atoms with van der Waals surface area (Å²) in [6.45, 7) is 5.15. The van der Waals surface area contributed by atoms with E-state index >= 15 is 0 Å². The quantitative estimate of drug-likeness (QED) is 0.678. The van der Waals surface area contributed by atoms with Crippen molar-refractivity contribution in [1.29, 1.82) is 5.26 Å². The summed E-state index contributed by atoms with van der Waals surface area (Å²) >= 11 is 0. The molecule has 0 radical (unpaired) electrons. The number of carbonyl (C=O) groups is 1. The van der Waals surface area contributed by atoms with Gasteiger partial charge in [-0.15, -0.1) is 6.58 Å². The van der Waals surface area contributed by atoms with Gasteiger partial charge < -0.3 is 9.64 Å². The summed E-state index contributed by atoms with van der Waals surface area (Å²) in [4.78, 5) is 14.2. The van der Waals surface area contributed by atoms with E-state index in [0.717, 1.165) is 19.3 Å². The molecule has 100 valence electrons. The van der Waals surface area contributed by atoms with Gasteiger partial charge in [-0.3, -0.25) is 4.79 Å². The van der Waals surface area contributed by atoms with Crippen LogP contribution in [0.5, 0.6) is 0 Å². The summed E-state index contributed by atoms with van der Waals surface area (Å²) in [5, 5.41) is 9.40. The van der Waals surface area contributed by atoms with Crippen molar-refractivity contribution in [2.24, 2.45) is 5.41 Å². The van der Waals surface area contributed by atoms with E-state index in [1.54, 1.807) is 18.1 Å². The Morgan fingerprint density at radius 1 is 1.50 bits per heavy atom. The molecule has 0 saturated heterocycles. The van der Waals surface area contributed by atoms with E-state index in [-0.39, 0.29) is 5.91 Å². The third-order valence-corrected chi connectivity index (χ3v) is 3.53. The lowest BCUT2D eigenvalue weighted by atomic mass is 9.74. The maximum absolute atomic E-state index is 12.5. The van der Waals surface area contributed by atoms with Gasteiger partial charge in [-0.2, -0.15) is 5.26 Å². The second-order valence-electron chi connectivity index (χ2n) is 4.79. The van der Waals surface area contributed by atoms with Crippen LogP contribution in [-0.4, -0.2) is 37.6 Å². The first-order chi connectivity index (χ1) is 8.70. The van der Waals surface area contributed by atoms with Gasteiger partial charge in [0.2, 0.25) is 5.91 Å². The number of methoxy groups -OCH3 is 1. The van der Waals surface area contributed by atoms with Gasteiger partial charge >= 0.3 is 0 Å². The average Bonchev–Trinajstić information content (AvgIpc) is 2.43. The van der Waals surface area contributed by atoms with Gasteiger partial charge in [0, 0.05) is 20.2 Å². The summed E-state index contributed by atoms with van der Waals surface area (Å²) in [6, 6.07) is 2.27. The van der Waals surface area contributed by atoms with Crippen LogP contribution in [-0.2, 0) is 9.53 Å². The van der Waals surface area contributed by atoms with Gasteiger partial charge in [0.1, 0.15) is 5.41 Å². The normalized spacial score (nSPS) is 17.8. The first-order valence-corrected chi connectivity index (χ1v) is 6.50. The number of carbonyl (C=O) groups excluding carboxylic acids is 1. The summed E-state index contributed by atoms with van der Waals surface area (Å²) in [5.41, 5.74) is -0.811.